The number of nitrogens with one attached hydrogen (secondary N) is 2. The molecule has 0 bridgehead atoms. The summed E-state index contributed by atoms with van der Waals surface area (Å²) in [7, 11) is 2.08. The zero-order valence-corrected chi connectivity index (χ0v) is 16.2. The molecule has 0 aliphatic carbocycles. The highest BCUT2D eigenvalue weighted by Crippen LogP contribution is 2.17. The summed E-state index contributed by atoms with van der Waals surface area (Å²) in [5, 5.41) is 6.29. The lowest BCUT2D eigenvalue weighted by molar-refractivity contribution is -0.132. The molecule has 3 rings (SSSR count). The largest absolute Gasteiger partial charge is 0.340 e. The van der Waals surface area contributed by atoms with E-state index < -0.39 is 0 Å². The summed E-state index contributed by atoms with van der Waals surface area (Å²) in [5.41, 5.74) is 1.74. The second kappa shape index (κ2) is 9.90. The quantitative estimate of drug-likeness (QED) is 0.828. The lowest BCUT2D eigenvalue weighted by Gasteiger charge is -2.32. The van der Waals surface area contributed by atoms with Gasteiger partial charge in [-0.25, -0.2) is 0 Å². The molecule has 0 aromatic heterocycles. The van der Waals surface area contributed by atoms with Gasteiger partial charge in [-0.2, -0.15) is 0 Å². The van der Waals surface area contributed by atoms with Crippen LogP contribution in [0.3, 0.4) is 0 Å². The monoisotopic (exact) mass is 380 g/mol. The summed E-state index contributed by atoms with van der Waals surface area (Å²) < 4.78 is 0. The molecular formula is C19H29ClN4O2. The summed E-state index contributed by atoms with van der Waals surface area (Å²) in [4.78, 5) is 29.0. The molecule has 7 heteroatoms. The van der Waals surface area contributed by atoms with E-state index in [2.05, 4.69) is 22.6 Å². The number of carbonyl (C=O) groups is 2. The van der Waals surface area contributed by atoms with Gasteiger partial charge in [-0.15, -0.1) is 12.4 Å². The van der Waals surface area contributed by atoms with Crippen molar-refractivity contribution in [3.63, 3.8) is 0 Å². The molecule has 0 saturated carbocycles. The molecule has 2 aliphatic heterocycles. The van der Waals surface area contributed by atoms with Crippen molar-refractivity contribution in [3.8, 4) is 0 Å². The summed E-state index contributed by atoms with van der Waals surface area (Å²) in [6.45, 7) is 5.24. The third-order valence-electron chi connectivity index (χ3n) is 5.12. The zero-order chi connectivity index (χ0) is 17.6. The number of piperazine rings is 1. The van der Waals surface area contributed by atoms with Crippen LogP contribution in [0.15, 0.2) is 24.3 Å². The van der Waals surface area contributed by atoms with Crippen LogP contribution in [-0.4, -0.2) is 67.9 Å². The van der Waals surface area contributed by atoms with Gasteiger partial charge in [0.1, 0.15) is 0 Å². The summed E-state index contributed by atoms with van der Waals surface area (Å²) in [6.07, 6.45) is 2.15. The third kappa shape index (κ3) is 5.69. The summed E-state index contributed by atoms with van der Waals surface area (Å²) in [5.74, 6) is 0.329. The Balaban J connectivity index is 0.00000243. The Bertz CT molecular complexity index is 611. The molecule has 2 heterocycles. The SMILES string of the molecule is CN1CCN(C(=O)Cc2cccc(NC(=O)C3CCNCC3)c2)CC1.Cl. The van der Waals surface area contributed by atoms with Crippen LogP contribution in [0.1, 0.15) is 18.4 Å². The first-order valence-electron chi connectivity index (χ1n) is 9.18. The van der Waals surface area contributed by atoms with Crippen LogP contribution in [0.5, 0.6) is 0 Å². The summed E-state index contributed by atoms with van der Waals surface area (Å²) in [6, 6.07) is 7.68. The molecule has 144 valence electrons. The number of piperidine rings is 1. The minimum absolute atomic E-state index is 0. The van der Waals surface area contributed by atoms with Gasteiger partial charge in [0.2, 0.25) is 11.8 Å². The maximum atomic E-state index is 12.5. The van der Waals surface area contributed by atoms with E-state index in [0.29, 0.717) is 6.42 Å². The van der Waals surface area contributed by atoms with Crippen LogP contribution in [0.25, 0.3) is 0 Å². The van der Waals surface area contributed by atoms with E-state index in [-0.39, 0.29) is 30.1 Å². The molecule has 0 radical (unpaired) electrons. The molecule has 2 N–H and O–H groups in total. The number of hydrogen-bond donors (Lipinski definition) is 2. The van der Waals surface area contributed by atoms with Gasteiger partial charge >= 0.3 is 0 Å². The van der Waals surface area contributed by atoms with Gasteiger partial charge in [0, 0.05) is 37.8 Å². The molecule has 0 atom stereocenters. The van der Waals surface area contributed by atoms with Crippen LogP contribution in [-0.2, 0) is 16.0 Å². The Kier molecular flexibility index (Phi) is 7.87. The van der Waals surface area contributed by atoms with Gasteiger partial charge in [-0.1, -0.05) is 12.1 Å². The lowest BCUT2D eigenvalue weighted by Crippen LogP contribution is -2.47. The van der Waals surface area contributed by atoms with E-state index in [0.717, 1.165) is 63.4 Å². The average molecular weight is 381 g/mol. The Labute approximate surface area is 161 Å². The minimum Gasteiger partial charge on any atom is -0.340 e. The Morgan fingerprint density at radius 3 is 2.54 bits per heavy atom. The zero-order valence-electron chi connectivity index (χ0n) is 15.4. The first-order valence-corrected chi connectivity index (χ1v) is 9.18. The van der Waals surface area contributed by atoms with Gasteiger partial charge in [0.05, 0.1) is 6.42 Å². The fourth-order valence-electron chi connectivity index (χ4n) is 3.43. The molecule has 1 aromatic carbocycles. The molecule has 26 heavy (non-hydrogen) atoms. The van der Waals surface area contributed by atoms with Crippen LogP contribution in [0, 0.1) is 5.92 Å². The predicted octanol–water partition coefficient (Wildman–Crippen LogP) is 1.36. The molecule has 0 spiro atoms. The minimum atomic E-state index is 0. The van der Waals surface area contributed by atoms with E-state index in [1.54, 1.807) is 0 Å². The Morgan fingerprint density at radius 1 is 1.15 bits per heavy atom. The van der Waals surface area contributed by atoms with Crippen LogP contribution in [0.4, 0.5) is 5.69 Å². The topological polar surface area (TPSA) is 64.7 Å². The van der Waals surface area contributed by atoms with Gasteiger partial charge in [-0.3, -0.25) is 9.59 Å². The average Bonchev–Trinajstić information content (AvgIpc) is 2.63. The molecule has 1 aromatic rings. The highest BCUT2D eigenvalue weighted by molar-refractivity contribution is 5.92. The lowest BCUT2D eigenvalue weighted by atomic mass is 9.97. The second-order valence-electron chi connectivity index (χ2n) is 7.07. The van der Waals surface area contributed by atoms with Crippen LogP contribution >= 0.6 is 12.4 Å². The number of likely N-dealkylation sites (N-methyl/N-ethyl adjacent to an activating group) is 1. The molecular weight excluding hydrogens is 352 g/mol. The number of anilines is 1. The third-order valence-corrected chi connectivity index (χ3v) is 5.12. The number of rotatable bonds is 4. The maximum Gasteiger partial charge on any atom is 0.227 e. The Morgan fingerprint density at radius 2 is 1.85 bits per heavy atom. The van der Waals surface area contributed by atoms with Crippen molar-refractivity contribution in [2.24, 2.45) is 5.92 Å². The molecule has 6 nitrogen and oxygen atoms in total. The molecule has 2 fully saturated rings. The van der Waals surface area contributed by atoms with Gasteiger partial charge < -0.3 is 20.4 Å². The number of nitrogens with zero attached hydrogens (tertiary/aromatic N) is 2. The smallest absolute Gasteiger partial charge is 0.227 e. The van der Waals surface area contributed by atoms with E-state index in [1.165, 1.54) is 0 Å². The van der Waals surface area contributed by atoms with Crippen molar-refractivity contribution >= 4 is 29.9 Å². The van der Waals surface area contributed by atoms with Gasteiger partial charge in [0.15, 0.2) is 0 Å². The molecule has 2 aliphatic rings. The van der Waals surface area contributed by atoms with Crippen molar-refractivity contribution in [2.75, 3.05) is 51.6 Å². The highest BCUT2D eigenvalue weighted by Gasteiger charge is 2.21. The predicted molar refractivity (Wildman–Crippen MR) is 106 cm³/mol. The standard InChI is InChI=1S/C19H28N4O2.ClH/c1-22-9-11-23(12-10-22)18(24)14-15-3-2-4-17(13-15)21-19(25)16-5-7-20-8-6-16;/h2-4,13,16,20H,5-12,14H2,1H3,(H,21,25);1H. The van der Waals surface area contributed by atoms with Crippen molar-refractivity contribution in [2.45, 2.75) is 19.3 Å². The number of benzene rings is 1. The maximum absolute atomic E-state index is 12.5. The van der Waals surface area contributed by atoms with Gasteiger partial charge in [0.25, 0.3) is 0 Å². The summed E-state index contributed by atoms with van der Waals surface area (Å²) >= 11 is 0. The number of hydrogen-bond acceptors (Lipinski definition) is 4. The normalized spacial score (nSPS) is 18.9. The Hall–Kier alpha value is -1.63. The van der Waals surface area contributed by atoms with E-state index in [9.17, 15) is 9.59 Å². The molecule has 2 amide bonds. The van der Waals surface area contributed by atoms with Crippen LogP contribution < -0.4 is 10.6 Å². The number of halogens is 1. The van der Waals surface area contributed by atoms with Crippen molar-refractivity contribution < 1.29 is 9.59 Å². The molecule has 0 unspecified atom stereocenters. The van der Waals surface area contributed by atoms with Crippen molar-refractivity contribution in [1.82, 2.24) is 15.1 Å². The number of carbonyl (C=O) groups excluding carboxylic acids is 2. The first-order chi connectivity index (χ1) is 12.1. The second-order valence-corrected chi connectivity index (χ2v) is 7.07. The fourth-order valence-corrected chi connectivity index (χ4v) is 3.43. The van der Waals surface area contributed by atoms with Gasteiger partial charge in [-0.05, 0) is 50.7 Å². The number of amides is 2. The first kappa shape index (κ1) is 20.7. The highest BCUT2D eigenvalue weighted by atomic mass is 35.5. The van der Waals surface area contributed by atoms with Crippen molar-refractivity contribution in [3.05, 3.63) is 29.8 Å². The van der Waals surface area contributed by atoms with Crippen molar-refractivity contribution in [1.29, 1.82) is 0 Å². The van der Waals surface area contributed by atoms with E-state index in [4.69, 9.17) is 0 Å². The fraction of sp³-hybridized carbons (Fsp3) is 0.579. The van der Waals surface area contributed by atoms with E-state index >= 15 is 0 Å². The van der Waals surface area contributed by atoms with Crippen LogP contribution in [0.2, 0.25) is 0 Å². The molecule has 2 saturated heterocycles. The van der Waals surface area contributed by atoms with E-state index in [1.807, 2.05) is 29.2 Å².